The molecule has 1 heterocycles. The fourth-order valence-corrected chi connectivity index (χ4v) is 0.941. The molecule has 84 valence electrons. The second kappa shape index (κ2) is 4.91. The quantitative estimate of drug-likeness (QED) is 0.763. The van der Waals surface area contributed by atoms with Crippen LogP contribution in [0.1, 0.15) is 33.0 Å². The van der Waals surface area contributed by atoms with Gasteiger partial charge >= 0.3 is 5.97 Å². The maximum atomic E-state index is 11.3. The highest BCUT2D eigenvalue weighted by molar-refractivity contribution is 5.69. The summed E-state index contributed by atoms with van der Waals surface area (Å²) in [6, 6.07) is 0. The van der Waals surface area contributed by atoms with Gasteiger partial charge in [0.15, 0.2) is 0 Å². The van der Waals surface area contributed by atoms with Crippen molar-refractivity contribution in [2.75, 3.05) is 6.61 Å². The van der Waals surface area contributed by atoms with Crippen molar-refractivity contribution in [3.63, 3.8) is 0 Å². The van der Waals surface area contributed by atoms with Crippen molar-refractivity contribution in [1.82, 2.24) is 15.2 Å². The number of aromatic nitrogens is 3. The third-order valence-corrected chi connectivity index (χ3v) is 1.70. The highest BCUT2D eigenvalue weighted by atomic mass is 16.5. The number of H-pyrrole nitrogens is 1. The molecular weight excluding hydrogens is 194 g/mol. The summed E-state index contributed by atoms with van der Waals surface area (Å²) in [6.45, 7) is 6.52. The summed E-state index contributed by atoms with van der Waals surface area (Å²) in [7, 11) is 0. The van der Waals surface area contributed by atoms with Crippen molar-refractivity contribution in [2.24, 2.45) is 5.41 Å². The van der Waals surface area contributed by atoms with Gasteiger partial charge in [0.25, 0.3) is 0 Å². The van der Waals surface area contributed by atoms with Crippen molar-refractivity contribution in [2.45, 2.75) is 33.6 Å². The van der Waals surface area contributed by atoms with E-state index < -0.39 is 0 Å². The number of hydrogen-bond donors (Lipinski definition) is 1. The summed E-state index contributed by atoms with van der Waals surface area (Å²) >= 11 is 0. The first kappa shape index (κ1) is 11.7. The number of hydrogen-bond acceptors (Lipinski definition) is 4. The lowest BCUT2D eigenvalue weighted by Crippen LogP contribution is -2.18. The molecule has 0 fully saturated rings. The molecule has 0 bridgehead atoms. The van der Waals surface area contributed by atoms with Crippen molar-refractivity contribution in [1.29, 1.82) is 0 Å². The Morgan fingerprint density at radius 3 is 2.80 bits per heavy atom. The molecule has 1 N–H and O–H groups in total. The van der Waals surface area contributed by atoms with E-state index in [2.05, 4.69) is 15.2 Å². The third-order valence-electron chi connectivity index (χ3n) is 1.70. The van der Waals surface area contributed by atoms with Crippen molar-refractivity contribution >= 4 is 5.97 Å². The number of ether oxygens (including phenoxy) is 1. The van der Waals surface area contributed by atoms with E-state index in [1.807, 2.05) is 20.8 Å². The molecule has 0 amide bonds. The number of nitrogens with one attached hydrogen (secondary N) is 1. The molecule has 0 unspecified atom stereocenters. The smallest absolute Gasteiger partial charge is 0.306 e. The predicted molar refractivity (Wildman–Crippen MR) is 55.1 cm³/mol. The highest BCUT2D eigenvalue weighted by Crippen LogP contribution is 2.13. The largest absolute Gasteiger partial charge is 0.465 e. The fraction of sp³-hybridized carbons (Fsp3) is 0.700. The van der Waals surface area contributed by atoms with Crippen LogP contribution in [-0.2, 0) is 16.0 Å². The first-order valence-electron chi connectivity index (χ1n) is 4.97. The van der Waals surface area contributed by atoms with E-state index in [4.69, 9.17) is 4.74 Å². The van der Waals surface area contributed by atoms with Crippen LogP contribution < -0.4 is 0 Å². The Morgan fingerprint density at radius 1 is 1.53 bits per heavy atom. The Kier molecular flexibility index (Phi) is 3.82. The molecule has 1 aromatic heterocycles. The number of esters is 1. The van der Waals surface area contributed by atoms with Gasteiger partial charge in [0.05, 0.1) is 13.0 Å². The van der Waals surface area contributed by atoms with Crippen molar-refractivity contribution < 1.29 is 9.53 Å². The molecule has 5 heteroatoms. The zero-order valence-electron chi connectivity index (χ0n) is 9.41. The second-order valence-corrected chi connectivity index (χ2v) is 4.65. The normalized spacial score (nSPS) is 11.4. The van der Waals surface area contributed by atoms with Crippen molar-refractivity contribution in [3.8, 4) is 0 Å². The summed E-state index contributed by atoms with van der Waals surface area (Å²) in [6.07, 6.45) is 2.31. The van der Waals surface area contributed by atoms with Crippen LogP contribution >= 0.6 is 0 Å². The van der Waals surface area contributed by atoms with Gasteiger partial charge < -0.3 is 4.74 Å². The standard InChI is InChI=1S/C10H17N3O2/c1-10(2,3)6-15-9(14)5-4-8-11-7-12-13-8/h7H,4-6H2,1-3H3,(H,11,12,13). The molecule has 0 aromatic carbocycles. The first-order chi connectivity index (χ1) is 6.97. The molecule has 0 radical (unpaired) electrons. The van der Waals surface area contributed by atoms with Gasteiger partial charge in [0, 0.05) is 6.42 Å². The molecule has 0 saturated carbocycles. The van der Waals surface area contributed by atoms with Crippen LogP contribution in [-0.4, -0.2) is 27.8 Å². The van der Waals surface area contributed by atoms with Gasteiger partial charge in [-0.2, -0.15) is 5.10 Å². The zero-order chi connectivity index (χ0) is 11.3. The summed E-state index contributed by atoms with van der Waals surface area (Å²) in [5, 5.41) is 6.39. The molecule has 15 heavy (non-hydrogen) atoms. The molecule has 0 aliphatic heterocycles. The maximum Gasteiger partial charge on any atom is 0.306 e. The zero-order valence-corrected chi connectivity index (χ0v) is 9.41. The lowest BCUT2D eigenvalue weighted by Gasteiger charge is -2.17. The molecule has 0 spiro atoms. The van der Waals surface area contributed by atoms with Crippen LogP contribution in [0, 0.1) is 5.41 Å². The maximum absolute atomic E-state index is 11.3. The summed E-state index contributed by atoms with van der Waals surface area (Å²) < 4.78 is 5.10. The van der Waals surface area contributed by atoms with E-state index in [0.29, 0.717) is 25.3 Å². The summed E-state index contributed by atoms with van der Waals surface area (Å²) in [5.41, 5.74) is 0.0158. The molecule has 0 aliphatic rings. The average molecular weight is 211 g/mol. The first-order valence-corrected chi connectivity index (χ1v) is 4.97. The molecule has 5 nitrogen and oxygen atoms in total. The van der Waals surface area contributed by atoms with Gasteiger partial charge in [-0.1, -0.05) is 20.8 Å². The van der Waals surface area contributed by atoms with E-state index >= 15 is 0 Å². The summed E-state index contributed by atoms with van der Waals surface area (Å²) in [5.74, 6) is 0.518. The van der Waals surface area contributed by atoms with Gasteiger partial charge in [-0.05, 0) is 5.41 Å². The SMILES string of the molecule is CC(C)(C)COC(=O)CCc1ncn[nH]1. The molecule has 0 aliphatic carbocycles. The molecular formula is C10H17N3O2. The van der Waals surface area contributed by atoms with Gasteiger partial charge in [-0.3, -0.25) is 9.89 Å². The lowest BCUT2D eigenvalue weighted by molar-refractivity contribution is -0.146. The van der Waals surface area contributed by atoms with Gasteiger partial charge in [0.1, 0.15) is 12.2 Å². The molecule has 1 rings (SSSR count). The lowest BCUT2D eigenvalue weighted by atomic mass is 9.99. The van der Waals surface area contributed by atoms with Gasteiger partial charge in [0.2, 0.25) is 0 Å². The Balaban J connectivity index is 2.20. The highest BCUT2D eigenvalue weighted by Gasteiger charge is 2.13. The minimum atomic E-state index is -0.193. The number of nitrogens with zero attached hydrogens (tertiary/aromatic N) is 2. The van der Waals surface area contributed by atoms with E-state index in [-0.39, 0.29) is 11.4 Å². The van der Waals surface area contributed by atoms with E-state index in [1.54, 1.807) is 0 Å². The fourth-order valence-electron chi connectivity index (χ4n) is 0.941. The third kappa shape index (κ3) is 5.15. The van der Waals surface area contributed by atoms with Crippen LogP contribution in [0.4, 0.5) is 0 Å². The molecule has 1 aromatic rings. The molecule has 0 saturated heterocycles. The Morgan fingerprint density at radius 2 is 2.27 bits per heavy atom. The van der Waals surface area contributed by atoms with Gasteiger partial charge in [-0.15, -0.1) is 0 Å². The minimum Gasteiger partial charge on any atom is -0.465 e. The number of aromatic amines is 1. The number of carbonyl (C=O) groups is 1. The Hall–Kier alpha value is -1.39. The van der Waals surface area contributed by atoms with Crippen molar-refractivity contribution in [3.05, 3.63) is 12.2 Å². The summed E-state index contributed by atoms with van der Waals surface area (Å²) in [4.78, 5) is 15.2. The Labute approximate surface area is 89.2 Å². The monoisotopic (exact) mass is 211 g/mol. The molecule has 0 atom stereocenters. The number of aryl methyl sites for hydroxylation is 1. The van der Waals surface area contributed by atoms with Crippen LogP contribution in [0.2, 0.25) is 0 Å². The van der Waals surface area contributed by atoms with Crippen LogP contribution in [0.25, 0.3) is 0 Å². The van der Waals surface area contributed by atoms with Crippen LogP contribution in [0.15, 0.2) is 6.33 Å². The van der Waals surface area contributed by atoms with E-state index in [9.17, 15) is 4.79 Å². The predicted octanol–water partition coefficient (Wildman–Crippen LogP) is 1.33. The number of carbonyl (C=O) groups excluding carboxylic acids is 1. The average Bonchev–Trinajstić information content (AvgIpc) is 2.62. The minimum absolute atomic E-state index is 0.0158. The van der Waals surface area contributed by atoms with Crippen LogP contribution in [0.3, 0.4) is 0 Å². The van der Waals surface area contributed by atoms with Crippen LogP contribution in [0.5, 0.6) is 0 Å². The van der Waals surface area contributed by atoms with E-state index in [0.717, 1.165) is 0 Å². The Bertz CT molecular complexity index is 301. The second-order valence-electron chi connectivity index (χ2n) is 4.65. The van der Waals surface area contributed by atoms with E-state index in [1.165, 1.54) is 6.33 Å². The number of rotatable bonds is 4. The van der Waals surface area contributed by atoms with Gasteiger partial charge in [-0.25, -0.2) is 4.98 Å². The topological polar surface area (TPSA) is 67.9 Å².